The van der Waals surface area contributed by atoms with Crippen molar-refractivity contribution in [2.45, 2.75) is 19.1 Å². The SMILES string of the molecule is COc1cc(C(O)C(C)N)ncc1F. The Hall–Kier alpha value is -1.20. The van der Waals surface area contributed by atoms with Gasteiger partial charge in [0.05, 0.1) is 19.0 Å². The molecule has 5 heteroatoms. The van der Waals surface area contributed by atoms with Crippen LogP contribution in [-0.4, -0.2) is 23.2 Å². The number of nitrogens with two attached hydrogens (primary N) is 1. The summed E-state index contributed by atoms with van der Waals surface area (Å²) in [6.07, 6.45) is 0.0873. The Bertz CT molecular complexity index is 318. The maximum atomic E-state index is 12.9. The normalized spacial score (nSPS) is 14.9. The van der Waals surface area contributed by atoms with Gasteiger partial charge in [0, 0.05) is 12.1 Å². The van der Waals surface area contributed by atoms with Gasteiger partial charge in [-0.2, -0.15) is 0 Å². The molecule has 2 unspecified atom stereocenters. The monoisotopic (exact) mass is 200 g/mol. The minimum Gasteiger partial charge on any atom is -0.494 e. The first-order valence-electron chi connectivity index (χ1n) is 4.19. The van der Waals surface area contributed by atoms with Gasteiger partial charge in [-0.3, -0.25) is 4.98 Å². The Morgan fingerprint density at radius 1 is 1.64 bits per heavy atom. The highest BCUT2D eigenvalue weighted by atomic mass is 19.1. The third-order valence-electron chi connectivity index (χ3n) is 1.86. The van der Waals surface area contributed by atoms with Crippen molar-refractivity contribution in [2.24, 2.45) is 5.73 Å². The molecule has 0 bridgehead atoms. The van der Waals surface area contributed by atoms with Gasteiger partial charge in [-0.1, -0.05) is 0 Å². The molecule has 3 N–H and O–H groups in total. The van der Waals surface area contributed by atoms with Crippen LogP contribution in [0.5, 0.6) is 5.75 Å². The van der Waals surface area contributed by atoms with Crippen molar-refractivity contribution in [3.63, 3.8) is 0 Å². The Labute approximate surface area is 81.5 Å². The predicted octanol–water partition coefficient (Wildman–Crippen LogP) is 0.610. The maximum Gasteiger partial charge on any atom is 0.183 e. The fourth-order valence-electron chi connectivity index (χ4n) is 1.02. The maximum absolute atomic E-state index is 12.9. The molecule has 0 saturated heterocycles. The standard InChI is InChI=1S/C9H13FN2O2/c1-5(11)9(13)7-3-8(14-2)6(10)4-12-7/h3-5,9,13H,11H2,1-2H3. The summed E-state index contributed by atoms with van der Waals surface area (Å²) in [6, 6.07) is 0.876. The first-order chi connectivity index (χ1) is 6.56. The number of ether oxygens (including phenoxy) is 1. The first kappa shape index (κ1) is 10.9. The number of hydrogen-bond acceptors (Lipinski definition) is 4. The molecule has 0 aliphatic heterocycles. The van der Waals surface area contributed by atoms with Crippen molar-refractivity contribution in [3.8, 4) is 5.75 Å². The zero-order valence-corrected chi connectivity index (χ0v) is 8.07. The van der Waals surface area contributed by atoms with Crippen LogP contribution in [0.3, 0.4) is 0 Å². The smallest absolute Gasteiger partial charge is 0.183 e. The highest BCUT2D eigenvalue weighted by Gasteiger charge is 2.16. The van der Waals surface area contributed by atoms with Crippen LogP contribution in [0, 0.1) is 5.82 Å². The van der Waals surface area contributed by atoms with Gasteiger partial charge in [-0.05, 0) is 6.92 Å². The topological polar surface area (TPSA) is 68.4 Å². The van der Waals surface area contributed by atoms with Crippen LogP contribution >= 0.6 is 0 Å². The third-order valence-corrected chi connectivity index (χ3v) is 1.86. The zero-order valence-electron chi connectivity index (χ0n) is 8.07. The van der Waals surface area contributed by atoms with Crippen molar-refractivity contribution in [1.82, 2.24) is 4.98 Å². The molecule has 0 aliphatic rings. The summed E-state index contributed by atoms with van der Waals surface area (Å²) in [5.41, 5.74) is 5.78. The van der Waals surface area contributed by atoms with Crippen LogP contribution in [0.4, 0.5) is 4.39 Å². The van der Waals surface area contributed by atoms with Crippen LogP contribution in [0.2, 0.25) is 0 Å². The van der Waals surface area contributed by atoms with E-state index in [1.54, 1.807) is 6.92 Å². The molecule has 0 aromatic carbocycles. The van der Waals surface area contributed by atoms with E-state index in [0.29, 0.717) is 5.69 Å². The van der Waals surface area contributed by atoms with Gasteiger partial charge in [0.25, 0.3) is 0 Å². The van der Waals surface area contributed by atoms with Gasteiger partial charge in [0.2, 0.25) is 0 Å². The fraction of sp³-hybridized carbons (Fsp3) is 0.444. The molecule has 1 heterocycles. The molecular formula is C9H13FN2O2. The second-order valence-corrected chi connectivity index (χ2v) is 3.05. The van der Waals surface area contributed by atoms with Gasteiger partial charge >= 0.3 is 0 Å². The molecule has 14 heavy (non-hydrogen) atoms. The molecule has 0 fully saturated rings. The van der Waals surface area contributed by atoms with Crippen molar-refractivity contribution in [2.75, 3.05) is 7.11 Å². The fourth-order valence-corrected chi connectivity index (χ4v) is 1.02. The average molecular weight is 200 g/mol. The highest BCUT2D eigenvalue weighted by Crippen LogP contribution is 2.21. The number of nitrogens with zero attached hydrogens (tertiary/aromatic N) is 1. The molecule has 1 rings (SSSR count). The lowest BCUT2D eigenvalue weighted by Gasteiger charge is -2.14. The molecule has 4 nitrogen and oxygen atoms in total. The van der Waals surface area contributed by atoms with E-state index >= 15 is 0 Å². The number of hydrogen-bond donors (Lipinski definition) is 2. The summed E-state index contributed by atoms with van der Waals surface area (Å²) in [7, 11) is 1.35. The van der Waals surface area contributed by atoms with Crippen molar-refractivity contribution in [3.05, 3.63) is 23.8 Å². The van der Waals surface area contributed by atoms with E-state index in [1.807, 2.05) is 0 Å². The number of halogens is 1. The van der Waals surface area contributed by atoms with Crippen molar-refractivity contribution < 1.29 is 14.2 Å². The second-order valence-electron chi connectivity index (χ2n) is 3.05. The van der Waals surface area contributed by atoms with Crippen LogP contribution in [0.25, 0.3) is 0 Å². The molecule has 0 saturated carbocycles. The minimum atomic E-state index is -0.912. The van der Waals surface area contributed by atoms with E-state index in [2.05, 4.69) is 4.98 Å². The summed E-state index contributed by atoms with van der Waals surface area (Å²) in [4.78, 5) is 3.72. The molecule has 78 valence electrons. The first-order valence-corrected chi connectivity index (χ1v) is 4.19. The van der Waals surface area contributed by atoms with Gasteiger partial charge < -0.3 is 15.6 Å². The van der Waals surface area contributed by atoms with Crippen LogP contribution in [0.1, 0.15) is 18.7 Å². The van der Waals surface area contributed by atoms with Gasteiger partial charge in [0.15, 0.2) is 11.6 Å². The second kappa shape index (κ2) is 4.34. The molecule has 2 atom stereocenters. The Morgan fingerprint density at radius 2 is 2.29 bits per heavy atom. The molecule has 1 aromatic heterocycles. The number of methoxy groups -OCH3 is 1. The van der Waals surface area contributed by atoms with E-state index in [0.717, 1.165) is 6.20 Å². The number of pyridine rings is 1. The van der Waals surface area contributed by atoms with E-state index in [1.165, 1.54) is 13.2 Å². The minimum absolute atomic E-state index is 0.0506. The Morgan fingerprint density at radius 3 is 2.79 bits per heavy atom. The molecule has 0 radical (unpaired) electrons. The summed E-state index contributed by atoms with van der Waals surface area (Å²) in [5.74, 6) is -0.511. The van der Waals surface area contributed by atoms with E-state index < -0.39 is 18.0 Å². The summed E-state index contributed by atoms with van der Waals surface area (Å²) >= 11 is 0. The largest absolute Gasteiger partial charge is 0.494 e. The number of aromatic nitrogens is 1. The molecule has 0 amide bonds. The van der Waals surface area contributed by atoms with Crippen LogP contribution in [-0.2, 0) is 0 Å². The molecular weight excluding hydrogens is 187 g/mol. The van der Waals surface area contributed by atoms with Crippen LogP contribution < -0.4 is 10.5 Å². The van der Waals surface area contributed by atoms with E-state index in [9.17, 15) is 9.50 Å². The summed E-state index contributed by atoms with van der Waals surface area (Å²) in [5, 5.41) is 9.54. The lowest BCUT2D eigenvalue weighted by molar-refractivity contribution is 0.148. The van der Waals surface area contributed by atoms with E-state index in [-0.39, 0.29) is 5.75 Å². The van der Waals surface area contributed by atoms with E-state index in [4.69, 9.17) is 10.5 Å². The summed E-state index contributed by atoms with van der Waals surface area (Å²) < 4.78 is 17.7. The van der Waals surface area contributed by atoms with Crippen molar-refractivity contribution >= 4 is 0 Å². The lowest BCUT2D eigenvalue weighted by atomic mass is 10.1. The molecule has 1 aromatic rings. The number of aliphatic hydroxyl groups excluding tert-OH is 1. The lowest BCUT2D eigenvalue weighted by Crippen LogP contribution is -2.25. The van der Waals surface area contributed by atoms with Gasteiger partial charge in [-0.25, -0.2) is 4.39 Å². The summed E-state index contributed by atoms with van der Waals surface area (Å²) in [6.45, 7) is 1.64. The van der Waals surface area contributed by atoms with Gasteiger partial charge in [0.1, 0.15) is 6.10 Å². The van der Waals surface area contributed by atoms with Crippen molar-refractivity contribution in [1.29, 1.82) is 0 Å². The number of rotatable bonds is 3. The van der Waals surface area contributed by atoms with Gasteiger partial charge in [-0.15, -0.1) is 0 Å². The Kier molecular flexibility index (Phi) is 3.38. The highest BCUT2D eigenvalue weighted by molar-refractivity contribution is 5.26. The molecule has 0 aliphatic carbocycles. The quantitative estimate of drug-likeness (QED) is 0.750. The Balaban J connectivity index is 3.00. The third kappa shape index (κ3) is 2.18. The molecule has 0 spiro atoms. The number of aliphatic hydroxyl groups is 1. The zero-order chi connectivity index (χ0) is 10.7. The predicted molar refractivity (Wildman–Crippen MR) is 49.4 cm³/mol. The van der Waals surface area contributed by atoms with Crippen LogP contribution in [0.15, 0.2) is 12.3 Å². The average Bonchev–Trinajstić information content (AvgIpc) is 2.17.